The van der Waals surface area contributed by atoms with Gasteiger partial charge < -0.3 is 10.2 Å². The molecule has 17 heavy (non-hydrogen) atoms. The first kappa shape index (κ1) is 12.7. The number of aryl methyl sites for hydroxylation is 1. The second-order valence-corrected chi connectivity index (χ2v) is 4.93. The molecule has 1 aliphatic rings. The summed E-state index contributed by atoms with van der Waals surface area (Å²) in [7, 11) is 1.78. The average molecular weight is 273 g/mol. The number of hydrogen-bond acceptors (Lipinski definition) is 2. The number of benzene rings is 1. The van der Waals surface area contributed by atoms with Crippen molar-refractivity contribution in [2.75, 3.05) is 18.5 Å². The van der Waals surface area contributed by atoms with Crippen LogP contribution in [-0.2, 0) is 4.79 Å². The van der Waals surface area contributed by atoms with Gasteiger partial charge in [0.05, 0.1) is 21.8 Å². The zero-order valence-electron chi connectivity index (χ0n) is 9.76. The minimum absolute atomic E-state index is 0.0295. The molecule has 1 saturated heterocycles. The Hall–Kier alpha value is -0.770. The lowest BCUT2D eigenvalue weighted by molar-refractivity contribution is -0.118. The maximum Gasteiger partial charge on any atom is 0.244 e. The van der Waals surface area contributed by atoms with Crippen LogP contribution < -0.4 is 10.2 Å². The smallest absolute Gasteiger partial charge is 0.244 e. The number of carbonyl (C=O) groups excluding carboxylic acids is 1. The molecule has 1 amide bonds. The Labute approximate surface area is 111 Å². The Balaban J connectivity index is 2.42. The van der Waals surface area contributed by atoms with Crippen LogP contribution in [0.25, 0.3) is 0 Å². The molecule has 1 aliphatic heterocycles. The van der Waals surface area contributed by atoms with Gasteiger partial charge in [0.2, 0.25) is 5.91 Å². The molecule has 92 valence electrons. The number of amides is 1. The predicted octanol–water partition coefficient (Wildman–Crippen LogP) is 2.63. The van der Waals surface area contributed by atoms with Crippen molar-refractivity contribution in [3.8, 4) is 0 Å². The van der Waals surface area contributed by atoms with Crippen LogP contribution in [0.2, 0.25) is 10.0 Å². The predicted molar refractivity (Wildman–Crippen MR) is 71.0 cm³/mol. The molecule has 1 unspecified atom stereocenters. The molecule has 0 radical (unpaired) electrons. The zero-order chi connectivity index (χ0) is 12.6. The molecule has 1 atom stereocenters. The lowest BCUT2D eigenvalue weighted by Crippen LogP contribution is -2.36. The molecule has 0 aliphatic carbocycles. The number of halogens is 2. The Morgan fingerprint density at radius 1 is 1.41 bits per heavy atom. The van der Waals surface area contributed by atoms with Gasteiger partial charge in [-0.25, -0.2) is 0 Å². The summed E-state index contributed by atoms with van der Waals surface area (Å²) in [5.74, 6) is 0.0295. The highest BCUT2D eigenvalue weighted by molar-refractivity contribution is 6.40. The van der Waals surface area contributed by atoms with Gasteiger partial charge in [-0.2, -0.15) is 0 Å². The molecule has 0 spiro atoms. The zero-order valence-corrected chi connectivity index (χ0v) is 11.3. The van der Waals surface area contributed by atoms with Gasteiger partial charge in [0.25, 0.3) is 0 Å². The molecule has 0 saturated carbocycles. The van der Waals surface area contributed by atoms with E-state index < -0.39 is 0 Å². The molecule has 1 aromatic carbocycles. The summed E-state index contributed by atoms with van der Waals surface area (Å²) in [4.78, 5) is 13.8. The number of rotatable bonds is 2. The first-order chi connectivity index (χ1) is 8.06. The number of nitrogens with one attached hydrogen (secondary N) is 1. The number of likely N-dealkylation sites (N-methyl/N-ethyl adjacent to an activating group) is 1. The van der Waals surface area contributed by atoms with Crippen LogP contribution in [0.4, 0.5) is 5.69 Å². The largest absolute Gasteiger partial charge is 0.309 e. The lowest BCUT2D eigenvalue weighted by Gasteiger charge is -2.20. The summed E-state index contributed by atoms with van der Waals surface area (Å²) in [6.45, 7) is 2.55. The maximum absolute atomic E-state index is 12.1. The highest BCUT2D eigenvalue weighted by atomic mass is 35.5. The van der Waals surface area contributed by atoms with Crippen molar-refractivity contribution in [1.82, 2.24) is 5.32 Å². The van der Waals surface area contributed by atoms with Gasteiger partial charge in [0.15, 0.2) is 0 Å². The van der Waals surface area contributed by atoms with Gasteiger partial charge in [-0.3, -0.25) is 4.79 Å². The van der Waals surface area contributed by atoms with E-state index in [2.05, 4.69) is 5.32 Å². The number of nitrogens with zero attached hydrogens (tertiary/aromatic N) is 1. The van der Waals surface area contributed by atoms with Gasteiger partial charge in [-0.1, -0.05) is 29.3 Å². The van der Waals surface area contributed by atoms with E-state index in [4.69, 9.17) is 23.2 Å². The summed E-state index contributed by atoms with van der Waals surface area (Å²) < 4.78 is 0. The number of anilines is 1. The van der Waals surface area contributed by atoms with Gasteiger partial charge in [0, 0.05) is 6.54 Å². The second-order valence-electron chi connectivity index (χ2n) is 4.15. The highest BCUT2D eigenvalue weighted by Crippen LogP contribution is 2.37. The van der Waals surface area contributed by atoms with Crippen molar-refractivity contribution >= 4 is 34.8 Å². The standard InChI is InChI=1S/C12H14Cl2N2O/c1-7-3-4-8(13)11(10(7)14)16-6-5-9(15-2)12(16)17/h3-4,9,15H,5-6H2,1-2H3. The molecule has 0 bridgehead atoms. The molecule has 1 N–H and O–H groups in total. The number of carbonyl (C=O) groups is 1. The lowest BCUT2D eigenvalue weighted by atomic mass is 10.2. The first-order valence-corrected chi connectivity index (χ1v) is 6.25. The van der Waals surface area contributed by atoms with Crippen molar-refractivity contribution in [3.63, 3.8) is 0 Å². The summed E-state index contributed by atoms with van der Waals surface area (Å²) in [5.41, 5.74) is 1.56. The van der Waals surface area contributed by atoms with Crippen molar-refractivity contribution in [3.05, 3.63) is 27.7 Å². The van der Waals surface area contributed by atoms with Gasteiger partial charge in [-0.15, -0.1) is 0 Å². The van der Waals surface area contributed by atoms with Crippen LogP contribution in [0, 0.1) is 6.92 Å². The van der Waals surface area contributed by atoms with Crippen molar-refractivity contribution in [1.29, 1.82) is 0 Å². The summed E-state index contributed by atoms with van der Waals surface area (Å²) >= 11 is 12.4. The Bertz CT molecular complexity index is 462. The van der Waals surface area contributed by atoms with Crippen LogP contribution in [0.15, 0.2) is 12.1 Å². The number of hydrogen-bond donors (Lipinski definition) is 1. The third kappa shape index (κ3) is 2.15. The minimum atomic E-state index is -0.136. The van der Waals surface area contributed by atoms with Crippen molar-refractivity contribution in [2.24, 2.45) is 0 Å². The van der Waals surface area contributed by atoms with E-state index in [0.717, 1.165) is 12.0 Å². The monoisotopic (exact) mass is 272 g/mol. The van der Waals surface area contributed by atoms with E-state index in [0.29, 0.717) is 22.3 Å². The quantitative estimate of drug-likeness (QED) is 0.898. The first-order valence-electron chi connectivity index (χ1n) is 5.49. The second kappa shape index (κ2) is 4.84. The van der Waals surface area contributed by atoms with Gasteiger partial charge in [0.1, 0.15) is 0 Å². The van der Waals surface area contributed by atoms with Crippen LogP contribution in [-0.4, -0.2) is 25.5 Å². The maximum atomic E-state index is 12.1. The van der Waals surface area contributed by atoms with Crippen LogP contribution in [0.3, 0.4) is 0 Å². The molecule has 1 fully saturated rings. The fourth-order valence-corrected chi connectivity index (χ4v) is 2.63. The topological polar surface area (TPSA) is 32.3 Å². The van der Waals surface area contributed by atoms with Gasteiger partial charge in [-0.05, 0) is 32.0 Å². The Morgan fingerprint density at radius 3 is 2.71 bits per heavy atom. The van der Waals surface area contributed by atoms with E-state index in [1.165, 1.54) is 0 Å². The van der Waals surface area contributed by atoms with Crippen LogP contribution in [0.5, 0.6) is 0 Å². The Kier molecular flexibility index (Phi) is 3.61. The van der Waals surface area contributed by atoms with Gasteiger partial charge >= 0.3 is 0 Å². The fraction of sp³-hybridized carbons (Fsp3) is 0.417. The summed E-state index contributed by atoms with van der Waals surface area (Å²) in [6, 6.07) is 3.49. The average Bonchev–Trinajstić information content (AvgIpc) is 2.66. The van der Waals surface area contributed by atoms with Crippen molar-refractivity contribution < 1.29 is 4.79 Å². The molecule has 1 heterocycles. The van der Waals surface area contributed by atoms with Crippen LogP contribution >= 0.6 is 23.2 Å². The fourth-order valence-electron chi connectivity index (χ4n) is 2.06. The molecule has 0 aromatic heterocycles. The highest BCUT2D eigenvalue weighted by Gasteiger charge is 2.33. The van der Waals surface area contributed by atoms with E-state index in [9.17, 15) is 4.79 Å². The molecular formula is C12H14Cl2N2O. The van der Waals surface area contributed by atoms with Crippen LogP contribution in [0.1, 0.15) is 12.0 Å². The van der Waals surface area contributed by atoms with E-state index in [1.54, 1.807) is 18.0 Å². The molecule has 2 rings (SSSR count). The minimum Gasteiger partial charge on any atom is -0.309 e. The normalized spacial score (nSPS) is 20.1. The summed E-state index contributed by atoms with van der Waals surface area (Å²) in [6.07, 6.45) is 0.774. The third-order valence-corrected chi connectivity index (χ3v) is 3.87. The SMILES string of the molecule is CNC1CCN(c2c(Cl)ccc(C)c2Cl)C1=O. The molecular weight excluding hydrogens is 259 g/mol. The molecule has 5 heteroatoms. The van der Waals surface area contributed by atoms with E-state index in [1.807, 2.05) is 13.0 Å². The van der Waals surface area contributed by atoms with E-state index in [-0.39, 0.29) is 11.9 Å². The Morgan fingerprint density at radius 2 is 2.12 bits per heavy atom. The molecule has 3 nitrogen and oxygen atoms in total. The third-order valence-electron chi connectivity index (χ3n) is 3.08. The van der Waals surface area contributed by atoms with E-state index >= 15 is 0 Å². The summed E-state index contributed by atoms with van der Waals surface area (Å²) in [5, 5.41) is 4.07. The molecule has 1 aromatic rings. The van der Waals surface area contributed by atoms with Crippen molar-refractivity contribution in [2.45, 2.75) is 19.4 Å².